The van der Waals surface area contributed by atoms with E-state index in [4.69, 9.17) is 0 Å². The Morgan fingerprint density at radius 2 is 1.59 bits per heavy atom. The van der Waals surface area contributed by atoms with E-state index in [1.54, 1.807) is 6.33 Å². The van der Waals surface area contributed by atoms with E-state index in [1.165, 1.54) is 10.8 Å². The lowest BCUT2D eigenvalue weighted by Gasteiger charge is -2.09. The highest BCUT2D eigenvalue weighted by atomic mass is 14.8. The van der Waals surface area contributed by atoms with Crippen LogP contribution in [0.3, 0.4) is 0 Å². The predicted molar refractivity (Wildman–Crippen MR) is 68.3 cm³/mol. The second-order valence-corrected chi connectivity index (χ2v) is 4.27. The summed E-state index contributed by atoms with van der Waals surface area (Å²) in [6, 6.07) is 8.24. The molecule has 17 heavy (non-hydrogen) atoms. The Hall–Kier alpha value is -2.29. The topological polar surface area (TPSA) is 38.7 Å². The number of hydrogen-bond acceptors (Lipinski definition) is 3. The Morgan fingerprint density at radius 3 is 2.41 bits per heavy atom. The minimum Gasteiger partial charge on any atom is -0.260 e. The Bertz CT molecular complexity index is 836. The monoisotopic (exact) mass is 219 g/mol. The molecule has 0 unspecified atom stereocenters. The molecule has 0 amide bonds. The first-order valence-electron chi connectivity index (χ1n) is 5.56. The normalized spacial score (nSPS) is 11.8. The summed E-state index contributed by atoms with van der Waals surface area (Å²) in [4.78, 5) is 13.1. The zero-order valence-corrected chi connectivity index (χ0v) is 9.31. The number of rotatable bonds is 0. The molecule has 2 aromatic heterocycles. The number of benzene rings is 2. The van der Waals surface area contributed by atoms with Crippen molar-refractivity contribution in [3.63, 3.8) is 0 Å². The lowest BCUT2D eigenvalue weighted by molar-refractivity contribution is 1.24. The molecule has 0 aliphatic rings. The maximum Gasteiger partial charge on any atom is 0.116 e. The van der Waals surface area contributed by atoms with Crippen LogP contribution in [0.1, 0.15) is 5.69 Å². The third-order valence-electron chi connectivity index (χ3n) is 3.33. The van der Waals surface area contributed by atoms with Gasteiger partial charge in [0.05, 0.1) is 11.0 Å². The van der Waals surface area contributed by atoms with E-state index in [0.717, 1.165) is 27.5 Å². The van der Waals surface area contributed by atoms with Crippen LogP contribution < -0.4 is 0 Å². The molecule has 3 heteroatoms. The molecule has 4 aromatic rings. The van der Waals surface area contributed by atoms with Gasteiger partial charge in [-0.2, -0.15) is 0 Å². The number of pyridine rings is 1. The van der Waals surface area contributed by atoms with Crippen molar-refractivity contribution in [2.75, 3.05) is 0 Å². The van der Waals surface area contributed by atoms with Gasteiger partial charge in [-0.1, -0.05) is 12.1 Å². The molecule has 80 valence electrons. The molecule has 0 bridgehead atoms. The third kappa shape index (κ3) is 1.03. The maximum absolute atomic E-state index is 4.42. The van der Waals surface area contributed by atoms with Crippen molar-refractivity contribution in [2.45, 2.75) is 6.92 Å². The average Bonchev–Trinajstić information content (AvgIpc) is 2.38. The van der Waals surface area contributed by atoms with Gasteiger partial charge in [-0.05, 0) is 19.1 Å². The van der Waals surface area contributed by atoms with E-state index >= 15 is 0 Å². The molecule has 0 saturated heterocycles. The summed E-state index contributed by atoms with van der Waals surface area (Å²) in [6.45, 7) is 2.03. The molecule has 3 nitrogen and oxygen atoms in total. The van der Waals surface area contributed by atoms with Crippen molar-refractivity contribution in [3.8, 4) is 0 Å². The van der Waals surface area contributed by atoms with Crippen LogP contribution in [0.15, 0.2) is 36.8 Å². The van der Waals surface area contributed by atoms with Gasteiger partial charge in [-0.3, -0.25) is 4.98 Å². The first-order valence-corrected chi connectivity index (χ1v) is 5.56. The van der Waals surface area contributed by atoms with E-state index in [0.29, 0.717) is 0 Å². The van der Waals surface area contributed by atoms with Gasteiger partial charge in [0.2, 0.25) is 0 Å². The third-order valence-corrected chi connectivity index (χ3v) is 3.33. The minimum absolute atomic E-state index is 0.999. The standard InChI is InChI=1S/C14H9N3/c1-8-10-3-5-12-14-11(16-7-17-12)4-2-9(6-15-8)13(10)14/h2-7H,1H3. The predicted octanol–water partition coefficient (Wildman–Crippen LogP) is 3.08. The van der Waals surface area contributed by atoms with E-state index in [-0.39, 0.29) is 0 Å². The van der Waals surface area contributed by atoms with Gasteiger partial charge in [0.15, 0.2) is 0 Å². The van der Waals surface area contributed by atoms with Crippen LogP contribution in [0.5, 0.6) is 0 Å². The largest absolute Gasteiger partial charge is 0.260 e. The van der Waals surface area contributed by atoms with Crippen LogP contribution in [-0.4, -0.2) is 15.0 Å². The van der Waals surface area contributed by atoms with Crippen molar-refractivity contribution in [1.82, 2.24) is 15.0 Å². The summed E-state index contributed by atoms with van der Waals surface area (Å²) >= 11 is 0. The number of nitrogens with zero attached hydrogens (tertiary/aromatic N) is 3. The molecule has 0 fully saturated rings. The SMILES string of the molecule is Cc1ncc2ccc3ncnc4ccc1c2c34. The molecule has 0 aliphatic carbocycles. The molecule has 2 heterocycles. The van der Waals surface area contributed by atoms with E-state index in [1.807, 2.05) is 25.3 Å². The second kappa shape index (κ2) is 2.88. The molecule has 0 aliphatic heterocycles. The van der Waals surface area contributed by atoms with Crippen LogP contribution in [-0.2, 0) is 0 Å². The molecule has 2 aromatic carbocycles. The minimum atomic E-state index is 0.999. The molecule has 0 N–H and O–H groups in total. The molecule has 0 saturated carbocycles. The fraction of sp³-hybridized carbons (Fsp3) is 0.0714. The van der Waals surface area contributed by atoms with Crippen molar-refractivity contribution >= 4 is 32.6 Å². The van der Waals surface area contributed by atoms with Crippen LogP contribution >= 0.6 is 0 Å². The molecule has 0 atom stereocenters. The Morgan fingerprint density at radius 1 is 0.824 bits per heavy atom. The highest BCUT2D eigenvalue weighted by Crippen LogP contribution is 2.32. The molecular formula is C14H9N3. The Balaban J connectivity index is 2.48. The first-order chi connectivity index (χ1) is 8.34. The summed E-state index contributed by atoms with van der Waals surface area (Å²) in [6.07, 6.45) is 3.54. The van der Waals surface area contributed by atoms with Crippen molar-refractivity contribution < 1.29 is 0 Å². The van der Waals surface area contributed by atoms with Crippen molar-refractivity contribution in [1.29, 1.82) is 0 Å². The summed E-state index contributed by atoms with van der Waals surface area (Å²) in [5, 5.41) is 4.72. The molecular weight excluding hydrogens is 210 g/mol. The summed E-state index contributed by atoms with van der Waals surface area (Å²) in [7, 11) is 0. The van der Waals surface area contributed by atoms with Gasteiger partial charge >= 0.3 is 0 Å². The highest BCUT2D eigenvalue weighted by Gasteiger charge is 2.10. The quantitative estimate of drug-likeness (QED) is 0.426. The molecule has 0 spiro atoms. The Kier molecular flexibility index (Phi) is 1.50. The second-order valence-electron chi connectivity index (χ2n) is 4.27. The van der Waals surface area contributed by atoms with E-state index < -0.39 is 0 Å². The molecule has 0 radical (unpaired) electrons. The van der Waals surface area contributed by atoms with Crippen molar-refractivity contribution in [2.24, 2.45) is 0 Å². The summed E-state index contributed by atoms with van der Waals surface area (Å²) in [5.74, 6) is 0. The van der Waals surface area contributed by atoms with Crippen LogP contribution in [0.25, 0.3) is 32.6 Å². The lowest BCUT2D eigenvalue weighted by atomic mass is 9.99. The Labute approximate surface area is 97.5 Å². The zero-order chi connectivity index (χ0) is 11.4. The van der Waals surface area contributed by atoms with Crippen LogP contribution in [0.2, 0.25) is 0 Å². The summed E-state index contributed by atoms with van der Waals surface area (Å²) < 4.78 is 0. The fourth-order valence-electron chi connectivity index (χ4n) is 2.50. The lowest BCUT2D eigenvalue weighted by Crippen LogP contribution is -1.91. The fourth-order valence-corrected chi connectivity index (χ4v) is 2.50. The number of aromatic nitrogens is 3. The zero-order valence-electron chi connectivity index (χ0n) is 9.31. The number of hydrogen-bond donors (Lipinski definition) is 0. The van der Waals surface area contributed by atoms with E-state index in [9.17, 15) is 0 Å². The highest BCUT2D eigenvalue weighted by molar-refractivity contribution is 6.21. The van der Waals surface area contributed by atoms with Gasteiger partial charge in [0, 0.05) is 33.4 Å². The summed E-state index contributed by atoms with van der Waals surface area (Å²) in [5.41, 5.74) is 3.05. The van der Waals surface area contributed by atoms with Gasteiger partial charge in [-0.15, -0.1) is 0 Å². The number of aryl methyl sites for hydroxylation is 1. The van der Waals surface area contributed by atoms with E-state index in [2.05, 4.69) is 27.1 Å². The van der Waals surface area contributed by atoms with Gasteiger partial charge in [0.25, 0.3) is 0 Å². The smallest absolute Gasteiger partial charge is 0.116 e. The van der Waals surface area contributed by atoms with Gasteiger partial charge in [0.1, 0.15) is 6.33 Å². The van der Waals surface area contributed by atoms with Crippen LogP contribution in [0, 0.1) is 6.92 Å². The maximum atomic E-state index is 4.42. The molecule has 4 rings (SSSR count). The van der Waals surface area contributed by atoms with Crippen molar-refractivity contribution in [3.05, 3.63) is 42.5 Å². The van der Waals surface area contributed by atoms with Gasteiger partial charge < -0.3 is 0 Å². The van der Waals surface area contributed by atoms with Gasteiger partial charge in [-0.25, -0.2) is 9.97 Å². The first kappa shape index (κ1) is 8.82. The van der Waals surface area contributed by atoms with Crippen LogP contribution in [0.4, 0.5) is 0 Å². The average molecular weight is 219 g/mol.